The van der Waals surface area contributed by atoms with Crippen LogP contribution in [0.25, 0.3) is 0 Å². The first-order valence-corrected chi connectivity index (χ1v) is 9.40. The molecule has 1 amide bonds. The molecule has 0 radical (unpaired) electrons. The lowest BCUT2D eigenvalue weighted by Crippen LogP contribution is -2.49. The number of hydrogen-bond acceptors (Lipinski definition) is 3. The molecular formula is C21H23F2N3O. The van der Waals surface area contributed by atoms with Crippen molar-refractivity contribution >= 4 is 5.91 Å². The third-order valence-electron chi connectivity index (χ3n) is 5.74. The van der Waals surface area contributed by atoms with Gasteiger partial charge in [0.2, 0.25) is 5.91 Å². The first kappa shape index (κ1) is 18.0. The minimum absolute atomic E-state index is 0.146. The van der Waals surface area contributed by atoms with Crippen molar-refractivity contribution in [2.45, 2.75) is 32.4 Å². The highest BCUT2D eigenvalue weighted by atomic mass is 19.2. The maximum absolute atomic E-state index is 13.5. The van der Waals surface area contributed by atoms with Crippen LogP contribution in [0, 0.1) is 17.0 Å². The molecule has 0 saturated carbocycles. The number of pyridine rings is 1. The molecule has 2 saturated heterocycles. The molecule has 2 fully saturated rings. The van der Waals surface area contributed by atoms with Crippen molar-refractivity contribution < 1.29 is 13.6 Å². The summed E-state index contributed by atoms with van der Waals surface area (Å²) in [4.78, 5) is 21.5. The van der Waals surface area contributed by atoms with E-state index in [0.717, 1.165) is 50.5 Å². The van der Waals surface area contributed by atoms with Gasteiger partial charge in [0.1, 0.15) is 0 Å². The van der Waals surface area contributed by atoms with E-state index in [4.69, 9.17) is 0 Å². The van der Waals surface area contributed by atoms with E-state index in [1.165, 1.54) is 6.07 Å². The second-order valence-electron chi connectivity index (χ2n) is 7.68. The lowest BCUT2D eigenvalue weighted by molar-refractivity contribution is -0.146. The van der Waals surface area contributed by atoms with E-state index in [9.17, 15) is 13.6 Å². The van der Waals surface area contributed by atoms with Gasteiger partial charge >= 0.3 is 0 Å². The normalized spacial score (nSPS) is 23.3. The van der Waals surface area contributed by atoms with Gasteiger partial charge in [0.15, 0.2) is 11.6 Å². The van der Waals surface area contributed by atoms with Gasteiger partial charge in [-0.05, 0) is 55.1 Å². The molecule has 3 heterocycles. The number of carbonyl (C=O) groups excluding carboxylic acids is 1. The third kappa shape index (κ3) is 3.72. The van der Waals surface area contributed by atoms with Crippen molar-refractivity contribution in [2.24, 2.45) is 5.41 Å². The summed E-state index contributed by atoms with van der Waals surface area (Å²) in [5, 5.41) is 0. The van der Waals surface area contributed by atoms with Crippen LogP contribution >= 0.6 is 0 Å². The van der Waals surface area contributed by atoms with Gasteiger partial charge < -0.3 is 4.90 Å². The molecule has 4 rings (SSSR count). The van der Waals surface area contributed by atoms with Crippen LogP contribution < -0.4 is 0 Å². The fourth-order valence-electron chi connectivity index (χ4n) is 4.38. The summed E-state index contributed by atoms with van der Waals surface area (Å²) in [5.41, 5.74) is 1.43. The van der Waals surface area contributed by atoms with Crippen molar-refractivity contribution in [1.29, 1.82) is 0 Å². The van der Waals surface area contributed by atoms with Crippen LogP contribution in [0.2, 0.25) is 0 Å². The molecule has 0 bridgehead atoms. The smallest absolute Gasteiger partial charge is 0.230 e. The summed E-state index contributed by atoms with van der Waals surface area (Å²) in [6.45, 7) is 3.43. The lowest BCUT2D eigenvalue weighted by Gasteiger charge is -2.39. The zero-order valence-electron chi connectivity index (χ0n) is 15.2. The van der Waals surface area contributed by atoms with Gasteiger partial charge in [-0.3, -0.25) is 14.7 Å². The molecule has 2 aromatic rings. The predicted octanol–water partition coefficient (Wildman–Crippen LogP) is 3.37. The fourth-order valence-corrected chi connectivity index (χ4v) is 4.38. The number of benzene rings is 1. The molecule has 2 aliphatic heterocycles. The van der Waals surface area contributed by atoms with E-state index in [1.54, 1.807) is 12.3 Å². The summed E-state index contributed by atoms with van der Waals surface area (Å²) in [7, 11) is 0. The van der Waals surface area contributed by atoms with Crippen molar-refractivity contribution in [3.63, 3.8) is 0 Å². The number of halogens is 2. The Morgan fingerprint density at radius 3 is 2.70 bits per heavy atom. The quantitative estimate of drug-likeness (QED) is 0.827. The summed E-state index contributed by atoms with van der Waals surface area (Å²) in [6, 6.07) is 7.84. The number of carbonyl (C=O) groups is 1. The molecule has 142 valence electrons. The maximum atomic E-state index is 13.5. The molecule has 1 spiro atoms. The fraction of sp³-hybridized carbons (Fsp3) is 0.429. The Bertz CT molecular complexity index is 829. The highest BCUT2D eigenvalue weighted by molar-refractivity contribution is 5.84. The minimum Gasteiger partial charge on any atom is -0.338 e. The minimum atomic E-state index is -0.866. The largest absolute Gasteiger partial charge is 0.338 e. The molecule has 0 aliphatic carbocycles. The Labute approximate surface area is 157 Å². The van der Waals surface area contributed by atoms with E-state index < -0.39 is 11.6 Å². The average Bonchev–Trinajstić information content (AvgIpc) is 3.06. The average molecular weight is 371 g/mol. The zero-order chi connectivity index (χ0) is 18.9. The first-order chi connectivity index (χ1) is 13.1. The molecule has 1 aromatic heterocycles. The molecule has 1 aromatic carbocycles. The standard InChI is InChI=1S/C21H23F2N3O/c22-18-5-4-16(11-19(18)23)14-26-9-2-6-21(20(26)27)7-10-25(15-21)13-17-3-1-8-24-12-17/h1,3-5,8,11-12H,2,6-7,9-10,13-15H2/t21-/m1/s1. The van der Waals surface area contributed by atoms with Gasteiger partial charge in [-0.1, -0.05) is 12.1 Å². The van der Waals surface area contributed by atoms with E-state index in [1.807, 2.05) is 17.2 Å². The molecule has 0 N–H and O–H groups in total. The van der Waals surface area contributed by atoms with Gasteiger partial charge in [0.25, 0.3) is 0 Å². The number of nitrogens with zero attached hydrogens (tertiary/aromatic N) is 3. The monoisotopic (exact) mass is 371 g/mol. The van der Waals surface area contributed by atoms with E-state index in [-0.39, 0.29) is 11.3 Å². The topological polar surface area (TPSA) is 36.4 Å². The van der Waals surface area contributed by atoms with Crippen LogP contribution in [-0.4, -0.2) is 40.3 Å². The van der Waals surface area contributed by atoms with Gasteiger partial charge in [0, 0.05) is 38.6 Å². The number of hydrogen-bond donors (Lipinski definition) is 0. The summed E-state index contributed by atoms with van der Waals surface area (Å²) in [6.07, 6.45) is 6.30. The second-order valence-corrected chi connectivity index (χ2v) is 7.68. The SMILES string of the molecule is O=C1N(Cc2ccc(F)c(F)c2)CCC[C@]12CCN(Cc1cccnc1)C2. The van der Waals surface area contributed by atoms with E-state index in [2.05, 4.69) is 16.0 Å². The lowest BCUT2D eigenvalue weighted by atomic mass is 9.78. The number of rotatable bonds is 4. The highest BCUT2D eigenvalue weighted by Gasteiger charge is 2.48. The Hall–Kier alpha value is -2.34. The van der Waals surface area contributed by atoms with Gasteiger partial charge in [0.05, 0.1) is 5.41 Å². The van der Waals surface area contributed by atoms with Crippen LogP contribution in [0.4, 0.5) is 8.78 Å². The van der Waals surface area contributed by atoms with Gasteiger partial charge in [-0.25, -0.2) is 8.78 Å². The van der Waals surface area contributed by atoms with Crippen LogP contribution in [-0.2, 0) is 17.9 Å². The van der Waals surface area contributed by atoms with Crippen molar-refractivity contribution in [2.75, 3.05) is 19.6 Å². The van der Waals surface area contributed by atoms with Crippen molar-refractivity contribution in [1.82, 2.24) is 14.8 Å². The van der Waals surface area contributed by atoms with Crippen LogP contribution in [0.3, 0.4) is 0 Å². The number of piperidine rings is 1. The maximum Gasteiger partial charge on any atom is 0.230 e. The zero-order valence-corrected chi connectivity index (χ0v) is 15.2. The second kappa shape index (κ2) is 7.35. The van der Waals surface area contributed by atoms with E-state index >= 15 is 0 Å². The molecular weight excluding hydrogens is 348 g/mol. The predicted molar refractivity (Wildman–Crippen MR) is 97.6 cm³/mol. The Kier molecular flexibility index (Phi) is 4.91. The molecule has 1 atom stereocenters. The third-order valence-corrected chi connectivity index (χ3v) is 5.74. The molecule has 4 nitrogen and oxygen atoms in total. The van der Waals surface area contributed by atoms with E-state index in [0.29, 0.717) is 18.7 Å². The van der Waals surface area contributed by atoms with Gasteiger partial charge in [-0.15, -0.1) is 0 Å². The van der Waals surface area contributed by atoms with Crippen LogP contribution in [0.15, 0.2) is 42.7 Å². The molecule has 2 aliphatic rings. The summed E-state index contributed by atoms with van der Waals surface area (Å²) >= 11 is 0. The number of likely N-dealkylation sites (tertiary alicyclic amines) is 2. The number of amides is 1. The summed E-state index contributed by atoms with van der Waals surface area (Å²) in [5.74, 6) is -1.58. The first-order valence-electron chi connectivity index (χ1n) is 9.40. The number of aromatic nitrogens is 1. The van der Waals surface area contributed by atoms with Crippen molar-refractivity contribution in [3.8, 4) is 0 Å². The van der Waals surface area contributed by atoms with Gasteiger partial charge in [-0.2, -0.15) is 0 Å². The molecule has 27 heavy (non-hydrogen) atoms. The Morgan fingerprint density at radius 1 is 1.04 bits per heavy atom. The highest BCUT2D eigenvalue weighted by Crippen LogP contribution is 2.41. The van der Waals surface area contributed by atoms with Crippen LogP contribution in [0.1, 0.15) is 30.4 Å². The molecule has 6 heteroatoms. The molecule has 0 unspecified atom stereocenters. The Balaban J connectivity index is 1.44. The summed E-state index contributed by atoms with van der Waals surface area (Å²) < 4.78 is 26.6. The van der Waals surface area contributed by atoms with Crippen molar-refractivity contribution in [3.05, 3.63) is 65.5 Å². The van der Waals surface area contributed by atoms with Crippen LogP contribution in [0.5, 0.6) is 0 Å². The Morgan fingerprint density at radius 2 is 1.93 bits per heavy atom.